The van der Waals surface area contributed by atoms with Gasteiger partial charge in [-0.05, 0) is 23.8 Å². The number of esters is 1. The Labute approximate surface area is 193 Å². The lowest BCUT2D eigenvalue weighted by molar-refractivity contribution is 0.0601. The van der Waals surface area contributed by atoms with Crippen molar-refractivity contribution in [1.29, 1.82) is 0 Å². The van der Waals surface area contributed by atoms with Crippen LogP contribution in [0.1, 0.15) is 31.1 Å². The zero-order valence-electron chi connectivity index (χ0n) is 18.2. The van der Waals surface area contributed by atoms with Crippen molar-refractivity contribution >= 4 is 23.5 Å². The van der Waals surface area contributed by atoms with Crippen molar-refractivity contribution in [2.24, 2.45) is 0 Å². The number of carbonyl (C=O) groups excluding carboxylic acids is 3. The summed E-state index contributed by atoms with van der Waals surface area (Å²) < 4.78 is 10.5. The van der Waals surface area contributed by atoms with Gasteiger partial charge in [0.25, 0.3) is 11.8 Å². The number of hydrogen-bond acceptors (Lipinski definition) is 7. The van der Waals surface area contributed by atoms with Crippen molar-refractivity contribution in [2.45, 2.75) is 0 Å². The standard InChI is InChI=1S/C25H18N4O5/c1-33-22-12-21(19(25(32)34-2)11-17(22)14-6-4-3-5-7-14)29-23(30)16-9-8-15(10-18(16)24(29)31)20-13-26-28-27-20/h3-13H,1-2H3,(H,26,27,28). The van der Waals surface area contributed by atoms with Crippen LogP contribution in [0.2, 0.25) is 0 Å². The molecule has 9 heteroatoms. The lowest BCUT2D eigenvalue weighted by atomic mass is 9.99. The summed E-state index contributed by atoms with van der Waals surface area (Å²) in [4.78, 5) is 40.4. The van der Waals surface area contributed by atoms with E-state index < -0.39 is 17.8 Å². The molecule has 1 aliphatic heterocycles. The number of imide groups is 1. The van der Waals surface area contributed by atoms with E-state index in [9.17, 15) is 14.4 Å². The van der Waals surface area contributed by atoms with Crippen LogP contribution in [-0.4, -0.2) is 47.4 Å². The molecule has 0 atom stereocenters. The minimum atomic E-state index is -0.685. The summed E-state index contributed by atoms with van der Waals surface area (Å²) in [5.74, 6) is -1.40. The fraction of sp³-hybridized carbons (Fsp3) is 0.0800. The van der Waals surface area contributed by atoms with Crippen LogP contribution >= 0.6 is 0 Å². The number of rotatable bonds is 5. The highest BCUT2D eigenvalue weighted by Crippen LogP contribution is 2.40. The van der Waals surface area contributed by atoms with Gasteiger partial charge in [0.15, 0.2) is 0 Å². The molecule has 0 unspecified atom stereocenters. The first-order valence-corrected chi connectivity index (χ1v) is 10.3. The molecule has 1 aromatic heterocycles. The molecule has 9 nitrogen and oxygen atoms in total. The van der Waals surface area contributed by atoms with E-state index in [1.54, 1.807) is 24.3 Å². The summed E-state index contributed by atoms with van der Waals surface area (Å²) in [6.45, 7) is 0. The van der Waals surface area contributed by atoms with Crippen molar-refractivity contribution in [3.8, 4) is 28.1 Å². The Balaban J connectivity index is 1.66. The molecule has 1 N–H and O–H groups in total. The molecule has 5 rings (SSSR count). The number of fused-ring (bicyclic) bond motifs is 1. The largest absolute Gasteiger partial charge is 0.496 e. The second-order valence-electron chi connectivity index (χ2n) is 7.49. The molecule has 1 aliphatic rings. The number of benzene rings is 3. The Hall–Kier alpha value is -4.79. The summed E-state index contributed by atoms with van der Waals surface area (Å²) in [7, 11) is 2.72. The number of H-pyrrole nitrogens is 1. The van der Waals surface area contributed by atoms with Gasteiger partial charge in [0, 0.05) is 17.2 Å². The minimum Gasteiger partial charge on any atom is -0.496 e. The van der Waals surface area contributed by atoms with Gasteiger partial charge >= 0.3 is 5.97 Å². The Morgan fingerprint density at radius 1 is 0.882 bits per heavy atom. The number of anilines is 1. The average Bonchev–Trinajstić information content (AvgIpc) is 3.50. The number of nitrogens with one attached hydrogen (secondary N) is 1. The zero-order valence-corrected chi connectivity index (χ0v) is 18.2. The molecule has 0 saturated carbocycles. The van der Waals surface area contributed by atoms with E-state index in [4.69, 9.17) is 9.47 Å². The molecule has 2 amide bonds. The molecule has 0 radical (unpaired) electrons. The quantitative estimate of drug-likeness (QED) is 0.361. The van der Waals surface area contributed by atoms with E-state index >= 15 is 0 Å². The molecule has 2 heterocycles. The minimum absolute atomic E-state index is 0.0633. The lowest BCUT2D eigenvalue weighted by Crippen LogP contribution is -2.31. The number of ether oxygens (including phenoxy) is 2. The number of aromatic nitrogens is 3. The molecule has 0 saturated heterocycles. The summed E-state index contributed by atoms with van der Waals surface area (Å²) in [5, 5.41) is 10.3. The van der Waals surface area contributed by atoms with Crippen LogP contribution in [-0.2, 0) is 4.74 Å². The fourth-order valence-corrected chi connectivity index (χ4v) is 4.00. The molecule has 0 spiro atoms. The smallest absolute Gasteiger partial charge is 0.340 e. The maximum Gasteiger partial charge on any atom is 0.340 e. The van der Waals surface area contributed by atoms with E-state index in [1.165, 1.54) is 26.5 Å². The van der Waals surface area contributed by atoms with Gasteiger partial charge in [0.05, 0.1) is 42.8 Å². The molecule has 3 aromatic carbocycles. The zero-order chi connectivity index (χ0) is 23.8. The van der Waals surface area contributed by atoms with Gasteiger partial charge in [0.1, 0.15) is 11.4 Å². The van der Waals surface area contributed by atoms with E-state index in [0.29, 0.717) is 22.6 Å². The number of nitrogens with zero attached hydrogens (tertiary/aromatic N) is 3. The highest BCUT2D eigenvalue weighted by molar-refractivity contribution is 6.35. The third-order valence-electron chi connectivity index (χ3n) is 5.65. The Morgan fingerprint density at radius 2 is 1.65 bits per heavy atom. The van der Waals surface area contributed by atoms with E-state index in [0.717, 1.165) is 10.5 Å². The van der Waals surface area contributed by atoms with E-state index in [2.05, 4.69) is 15.4 Å². The van der Waals surface area contributed by atoms with Crippen molar-refractivity contribution < 1.29 is 23.9 Å². The van der Waals surface area contributed by atoms with Crippen molar-refractivity contribution in [3.05, 3.63) is 83.6 Å². The molecule has 0 bridgehead atoms. The number of amides is 2. The first kappa shape index (κ1) is 21.1. The summed E-state index contributed by atoms with van der Waals surface area (Å²) >= 11 is 0. The third kappa shape index (κ3) is 3.30. The molecule has 0 fully saturated rings. The monoisotopic (exact) mass is 454 g/mol. The first-order chi connectivity index (χ1) is 16.5. The molecule has 0 aliphatic carbocycles. The Kier molecular flexibility index (Phi) is 5.14. The first-order valence-electron chi connectivity index (χ1n) is 10.3. The van der Waals surface area contributed by atoms with Crippen LogP contribution in [0.4, 0.5) is 5.69 Å². The highest BCUT2D eigenvalue weighted by atomic mass is 16.5. The number of carbonyl (C=O) groups is 3. The van der Waals surface area contributed by atoms with Gasteiger partial charge in [-0.1, -0.05) is 36.4 Å². The van der Waals surface area contributed by atoms with E-state index in [-0.39, 0.29) is 22.4 Å². The van der Waals surface area contributed by atoms with Crippen LogP contribution < -0.4 is 9.64 Å². The number of methoxy groups -OCH3 is 2. The molecule has 4 aromatic rings. The van der Waals surface area contributed by atoms with Crippen molar-refractivity contribution in [3.63, 3.8) is 0 Å². The molecule has 34 heavy (non-hydrogen) atoms. The van der Waals surface area contributed by atoms with Gasteiger partial charge in [-0.15, -0.1) is 0 Å². The van der Waals surface area contributed by atoms with E-state index in [1.807, 2.05) is 30.3 Å². The SMILES string of the molecule is COC(=O)c1cc(-c2ccccc2)c(OC)cc1N1C(=O)c2ccc(-c3cn[nH]n3)cc2C1=O. The normalized spacial score (nSPS) is 12.6. The highest BCUT2D eigenvalue weighted by Gasteiger charge is 2.39. The summed E-state index contributed by atoms with van der Waals surface area (Å²) in [6, 6.07) is 17.2. The van der Waals surface area contributed by atoms with Crippen molar-refractivity contribution in [2.75, 3.05) is 19.1 Å². The maximum absolute atomic E-state index is 13.4. The fourth-order valence-electron chi connectivity index (χ4n) is 4.00. The van der Waals surface area contributed by atoms with Crippen LogP contribution in [0.15, 0.2) is 66.9 Å². The Bertz CT molecular complexity index is 1430. The molecular weight excluding hydrogens is 436 g/mol. The topological polar surface area (TPSA) is 114 Å². The van der Waals surface area contributed by atoms with Gasteiger partial charge in [-0.25, -0.2) is 9.69 Å². The van der Waals surface area contributed by atoms with Crippen molar-refractivity contribution in [1.82, 2.24) is 15.4 Å². The average molecular weight is 454 g/mol. The van der Waals surface area contributed by atoms with Gasteiger partial charge < -0.3 is 9.47 Å². The van der Waals surface area contributed by atoms with Gasteiger partial charge in [-0.2, -0.15) is 15.4 Å². The van der Waals surface area contributed by atoms with Crippen LogP contribution in [0, 0.1) is 0 Å². The van der Waals surface area contributed by atoms with Gasteiger partial charge in [0.2, 0.25) is 0 Å². The lowest BCUT2D eigenvalue weighted by Gasteiger charge is -2.20. The molecular formula is C25H18N4O5. The maximum atomic E-state index is 13.4. The number of hydrogen-bond donors (Lipinski definition) is 1. The second-order valence-corrected chi connectivity index (χ2v) is 7.49. The van der Waals surface area contributed by atoms with Crippen LogP contribution in [0.25, 0.3) is 22.4 Å². The second kappa shape index (κ2) is 8.28. The Morgan fingerprint density at radius 3 is 2.32 bits per heavy atom. The predicted octanol–water partition coefficient (Wildman–Crippen LogP) is 3.73. The van der Waals surface area contributed by atoms with Gasteiger partial charge in [-0.3, -0.25) is 9.59 Å². The third-order valence-corrected chi connectivity index (χ3v) is 5.65. The molecule has 168 valence electrons. The summed E-state index contributed by atoms with van der Waals surface area (Å²) in [6.07, 6.45) is 1.52. The number of aromatic amines is 1. The van der Waals surface area contributed by atoms with Crippen LogP contribution in [0.3, 0.4) is 0 Å². The van der Waals surface area contributed by atoms with Crippen LogP contribution in [0.5, 0.6) is 5.75 Å². The predicted molar refractivity (Wildman–Crippen MR) is 123 cm³/mol. The summed E-state index contributed by atoms with van der Waals surface area (Å²) in [5.41, 5.74) is 3.15.